The van der Waals surface area contributed by atoms with Crippen LogP contribution in [0.4, 0.5) is 4.79 Å². The Morgan fingerprint density at radius 3 is 2.55 bits per heavy atom. The lowest BCUT2D eigenvalue weighted by Crippen LogP contribution is -2.48. The Kier molecular flexibility index (Phi) is 4.63. The Labute approximate surface area is 183 Å². The van der Waals surface area contributed by atoms with Gasteiger partial charge in [0.15, 0.2) is 0 Å². The van der Waals surface area contributed by atoms with Crippen LogP contribution >= 0.6 is 11.3 Å². The van der Waals surface area contributed by atoms with Crippen LogP contribution in [0.3, 0.4) is 0 Å². The summed E-state index contributed by atoms with van der Waals surface area (Å²) in [6, 6.07) is 18.5. The standard InChI is InChI=1S/C24H21N3O3S/c1-2-24(17-9-4-3-5-10-17)22(29)27(23(30)25-24)26-21(28)19-14-16-13-12-15-8-6-7-11-18(15)20(16)31-19/h3-11,14H,2,12-13H2,1H3,(H,25,30)(H,26,28)/t24-/m1/s1. The third kappa shape index (κ3) is 3.04. The highest BCUT2D eigenvalue weighted by Crippen LogP contribution is 2.39. The molecule has 2 heterocycles. The van der Waals surface area contributed by atoms with Crippen molar-refractivity contribution in [1.82, 2.24) is 15.8 Å². The first-order chi connectivity index (χ1) is 15.0. The van der Waals surface area contributed by atoms with Crippen LogP contribution < -0.4 is 10.7 Å². The molecule has 0 spiro atoms. The molecule has 5 rings (SSSR count). The second kappa shape index (κ2) is 7.35. The molecule has 4 amide bonds. The molecule has 2 N–H and O–H groups in total. The van der Waals surface area contributed by atoms with Gasteiger partial charge in [0.25, 0.3) is 11.8 Å². The van der Waals surface area contributed by atoms with Crippen molar-refractivity contribution >= 4 is 29.2 Å². The Morgan fingerprint density at radius 2 is 1.77 bits per heavy atom. The fraction of sp³-hybridized carbons (Fsp3) is 0.208. The van der Waals surface area contributed by atoms with Crippen molar-refractivity contribution in [2.75, 3.05) is 0 Å². The highest BCUT2D eigenvalue weighted by Gasteiger charge is 2.52. The van der Waals surface area contributed by atoms with E-state index in [0.29, 0.717) is 16.9 Å². The van der Waals surface area contributed by atoms with Gasteiger partial charge in [-0.1, -0.05) is 61.5 Å². The van der Waals surface area contributed by atoms with Gasteiger partial charge in [-0.15, -0.1) is 11.3 Å². The van der Waals surface area contributed by atoms with Crippen molar-refractivity contribution in [3.8, 4) is 10.4 Å². The van der Waals surface area contributed by atoms with E-state index in [-0.39, 0.29) is 0 Å². The minimum absolute atomic E-state index is 0.373. The summed E-state index contributed by atoms with van der Waals surface area (Å²) in [5, 5.41) is 3.59. The molecule has 0 unspecified atom stereocenters. The van der Waals surface area contributed by atoms with E-state index < -0.39 is 23.4 Å². The maximum Gasteiger partial charge on any atom is 0.344 e. The molecule has 6 nitrogen and oxygen atoms in total. The van der Waals surface area contributed by atoms with Gasteiger partial charge in [-0.05, 0) is 47.6 Å². The third-order valence-corrected chi connectivity index (χ3v) is 7.27. The predicted octanol–water partition coefficient (Wildman–Crippen LogP) is 4.02. The number of rotatable bonds is 4. The summed E-state index contributed by atoms with van der Waals surface area (Å²) in [6.07, 6.45) is 2.17. The second-order valence-electron chi connectivity index (χ2n) is 7.76. The average Bonchev–Trinajstić information content (AvgIpc) is 3.35. The van der Waals surface area contributed by atoms with Crippen molar-refractivity contribution in [1.29, 1.82) is 0 Å². The second-order valence-corrected chi connectivity index (χ2v) is 8.81. The maximum absolute atomic E-state index is 13.2. The number of hydrogen-bond acceptors (Lipinski definition) is 4. The quantitative estimate of drug-likeness (QED) is 0.613. The molecule has 1 fully saturated rings. The van der Waals surface area contributed by atoms with Gasteiger partial charge in [0.05, 0.1) is 4.88 Å². The van der Waals surface area contributed by atoms with E-state index in [0.717, 1.165) is 33.9 Å². The summed E-state index contributed by atoms with van der Waals surface area (Å²) in [7, 11) is 0. The van der Waals surface area contributed by atoms with Gasteiger partial charge in [0.1, 0.15) is 5.54 Å². The fourth-order valence-corrected chi connectivity index (χ4v) is 5.54. The number of nitrogens with zero attached hydrogens (tertiary/aromatic N) is 1. The highest BCUT2D eigenvalue weighted by atomic mass is 32.1. The number of carbonyl (C=O) groups is 3. The monoisotopic (exact) mass is 431 g/mol. The molecule has 1 aromatic heterocycles. The molecule has 1 aliphatic heterocycles. The number of benzene rings is 2. The lowest BCUT2D eigenvalue weighted by Gasteiger charge is -2.25. The molecule has 0 bridgehead atoms. The van der Waals surface area contributed by atoms with Crippen LogP contribution in [-0.2, 0) is 23.2 Å². The van der Waals surface area contributed by atoms with E-state index in [1.54, 1.807) is 12.1 Å². The number of imide groups is 1. The van der Waals surface area contributed by atoms with E-state index in [1.807, 2.05) is 43.3 Å². The van der Waals surface area contributed by atoms with Gasteiger partial charge < -0.3 is 5.32 Å². The molecule has 2 aromatic carbocycles. The zero-order valence-corrected chi connectivity index (χ0v) is 17.8. The average molecular weight is 432 g/mol. The summed E-state index contributed by atoms with van der Waals surface area (Å²) >= 11 is 1.39. The molecule has 7 heteroatoms. The van der Waals surface area contributed by atoms with Crippen molar-refractivity contribution < 1.29 is 14.4 Å². The number of nitrogens with one attached hydrogen (secondary N) is 2. The normalized spacial score (nSPS) is 19.6. The molecule has 3 aromatic rings. The maximum atomic E-state index is 13.2. The minimum atomic E-state index is -1.18. The molecule has 156 valence electrons. The Bertz CT molecular complexity index is 1200. The van der Waals surface area contributed by atoms with Crippen molar-refractivity contribution in [3.05, 3.63) is 82.2 Å². The topological polar surface area (TPSA) is 78.5 Å². The fourth-order valence-electron chi connectivity index (χ4n) is 4.38. The minimum Gasteiger partial charge on any atom is -0.318 e. The van der Waals surface area contributed by atoms with Crippen LogP contribution in [0.25, 0.3) is 10.4 Å². The summed E-state index contributed by atoms with van der Waals surface area (Å²) < 4.78 is 0. The van der Waals surface area contributed by atoms with E-state index >= 15 is 0 Å². The first-order valence-electron chi connectivity index (χ1n) is 10.3. The number of thiophene rings is 1. The molecular weight excluding hydrogens is 410 g/mol. The van der Waals surface area contributed by atoms with Crippen molar-refractivity contribution in [2.45, 2.75) is 31.7 Å². The molecule has 1 atom stereocenters. The molecule has 0 radical (unpaired) electrons. The van der Waals surface area contributed by atoms with Gasteiger partial charge in [0.2, 0.25) is 0 Å². The first kappa shape index (κ1) is 19.5. The van der Waals surface area contributed by atoms with E-state index in [9.17, 15) is 14.4 Å². The van der Waals surface area contributed by atoms with Gasteiger partial charge in [-0.25, -0.2) is 4.79 Å². The summed E-state index contributed by atoms with van der Waals surface area (Å²) in [4.78, 5) is 40.4. The molecule has 1 saturated heterocycles. The van der Waals surface area contributed by atoms with Crippen LogP contribution in [0.15, 0.2) is 60.7 Å². The zero-order valence-electron chi connectivity index (χ0n) is 17.0. The number of aryl methyl sites for hydroxylation is 2. The largest absolute Gasteiger partial charge is 0.344 e. The Hall–Kier alpha value is -3.45. The number of fused-ring (bicyclic) bond motifs is 3. The summed E-state index contributed by atoms with van der Waals surface area (Å²) in [6.45, 7) is 1.83. The number of amides is 4. The molecule has 2 aliphatic rings. The first-order valence-corrected chi connectivity index (χ1v) is 11.1. The number of hydrogen-bond donors (Lipinski definition) is 2. The molecule has 0 saturated carbocycles. The van der Waals surface area contributed by atoms with E-state index in [1.165, 1.54) is 16.9 Å². The van der Waals surface area contributed by atoms with Crippen LogP contribution in [0.5, 0.6) is 0 Å². The van der Waals surface area contributed by atoms with Gasteiger partial charge in [-0.3, -0.25) is 15.0 Å². The molecule has 1 aliphatic carbocycles. The van der Waals surface area contributed by atoms with Gasteiger partial charge in [-0.2, -0.15) is 5.01 Å². The summed E-state index contributed by atoms with van der Waals surface area (Å²) in [5.41, 5.74) is 5.58. The van der Waals surface area contributed by atoms with E-state index in [4.69, 9.17) is 0 Å². The van der Waals surface area contributed by atoms with Crippen LogP contribution in [0.1, 0.15) is 39.7 Å². The van der Waals surface area contributed by atoms with Gasteiger partial charge in [0, 0.05) is 4.88 Å². The molecular formula is C24H21N3O3S. The SMILES string of the molecule is CC[C@]1(c2ccccc2)NC(=O)N(NC(=O)c2cc3c(s2)-c2ccccc2CC3)C1=O. The number of carbonyl (C=O) groups excluding carboxylic acids is 3. The van der Waals surface area contributed by atoms with Crippen LogP contribution in [0.2, 0.25) is 0 Å². The lowest BCUT2D eigenvalue weighted by atomic mass is 9.87. The van der Waals surface area contributed by atoms with Crippen LogP contribution in [0, 0.1) is 0 Å². The lowest BCUT2D eigenvalue weighted by molar-refractivity contribution is -0.133. The zero-order chi connectivity index (χ0) is 21.6. The van der Waals surface area contributed by atoms with Crippen LogP contribution in [-0.4, -0.2) is 22.9 Å². The third-order valence-electron chi connectivity index (χ3n) is 6.06. The molecule has 31 heavy (non-hydrogen) atoms. The smallest absolute Gasteiger partial charge is 0.318 e. The Morgan fingerprint density at radius 1 is 1.06 bits per heavy atom. The van der Waals surface area contributed by atoms with Crippen molar-refractivity contribution in [2.24, 2.45) is 0 Å². The summed E-state index contributed by atoms with van der Waals surface area (Å²) in [5.74, 6) is -0.938. The highest BCUT2D eigenvalue weighted by molar-refractivity contribution is 7.17. The van der Waals surface area contributed by atoms with E-state index in [2.05, 4.69) is 22.9 Å². The number of urea groups is 1. The predicted molar refractivity (Wildman–Crippen MR) is 118 cm³/mol. The Balaban J connectivity index is 1.41. The van der Waals surface area contributed by atoms with Gasteiger partial charge >= 0.3 is 6.03 Å². The van der Waals surface area contributed by atoms with Crippen molar-refractivity contribution in [3.63, 3.8) is 0 Å². The number of hydrazine groups is 1.